The third-order valence-electron chi connectivity index (χ3n) is 2.35. The largest absolute Gasteiger partial charge is 0.496 e. The van der Waals surface area contributed by atoms with Gasteiger partial charge in [0.15, 0.2) is 0 Å². The molecule has 0 amide bonds. The van der Waals surface area contributed by atoms with E-state index in [-0.39, 0.29) is 6.10 Å². The van der Waals surface area contributed by atoms with E-state index in [1.807, 2.05) is 12.1 Å². The summed E-state index contributed by atoms with van der Waals surface area (Å²) in [4.78, 5) is 0. The molecule has 1 rings (SSSR count). The molecule has 1 atom stereocenters. The van der Waals surface area contributed by atoms with Crippen molar-refractivity contribution in [3.05, 3.63) is 28.8 Å². The summed E-state index contributed by atoms with van der Waals surface area (Å²) in [6, 6.07) is 5.58. The summed E-state index contributed by atoms with van der Waals surface area (Å²) in [6.45, 7) is 4.72. The minimum Gasteiger partial charge on any atom is -0.496 e. The van der Waals surface area contributed by atoms with Crippen LogP contribution in [0.25, 0.3) is 0 Å². The van der Waals surface area contributed by atoms with Crippen molar-refractivity contribution in [2.75, 3.05) is 7.11 Å². The maximum Gasteiger partial charge on any atom is 0.125 e. The highest BCUT2D eigenvalue weighted by atomic mass is 35.5. The summed E-state index contributed by atoms with van der Waals surface area (Å²) < 4.78 is 10.9. The Labute approximate surface area is 96.2 Å². The molecule has 0 aliphatic heterocycles. The van der Waals surface area contributed by atoms with Gasteiger partial charge in [0.25, 0.3) is 0 Å². The molecule has 0 radical (unpaired) electrons. The zero-order chi connectivity index (χ0) is 11.3. The van der Waals surface area contributed by atoms with E-state index >= 15 is 0 Å². The number of hydrogen-bond acceptors (Lipinski definition) is 2. The van der Waals surface area contributed by atoms with Crippen LogP contribution in [-0.4, -0.2) is 13.2 Å². The fourth-order valence-corrected chi connectivity index (χ4v) is 1.35. The molecule has 2 nitrogen and oxygen atoms in total. The van der Waals surface area contributed by atoms with Gasteiger partial charge in [-0.05, 0) is 25.5 Å². The number of methoxy groups -OCH3 is 1. The Morgan fingerprint density at radius 2 is 2.13 bits per heavy atom. The van der Waals surface area contributed by atoms with Gasteiger partial charge in [-0.25, -0.2) is 0 Å². The lowest BCUT2D eigenvalue weighted by Crippen LogP contribution is -2.06. The molecule has 0 bridgehead atoms. The van der Waals surface area contributed by atoms with E-state index in [1.54, 1.807) is 13.2 Å². The zero-order valence-electron chi connectivity index (χ0n) is 9.42. The molecular weight excluding hydrogens is 212 g/mol. The number of halogens is 1. The van der Waals surface area contributed by atoms with Crippen molar-refractivity contribution in [2.24, 2.45) is 0 Å². The van der Waals surface area contributed by atoms with Crippen LogP contribution in [-0.2, 0) is 11.3 Å². The SMILES string of the molecule is CCC(C)OCc1ccc(Cl)cc1OC. The Hall–Kier alpha value is -0.730. The minimum absolute atomic E-state index is 0.269. The molecule has 0 saturated heterocycles. The van der Waals surface area contributed by atoms with Crippen molar-refractivity contribution in [2.45, 2.75) is 33.0 Å². The predicted molar refractivity (Wildman–Crippen MR) is 62.5 cm³/mol. The molecule has 84 valence electrons. The molecule has 0 aliphatic carbocycles. The molecule has 0 fully saturated rings. The molecule has 0 N–H and O–H groups in total. The standard InChI is InChI=1S/C12H17ClO2/c1-4-9(2)15-8-10-5-6-11(13)7-12(10)14-3/h5-7,9H,4,8H2,1-3H3. The fraction of sp³-hybridized carbons (Fsp3) is 0.500. The Bertz CT molecular complexity index is 312. The number of benzene rings is 1. The quantitative estimate of drug-likeness (QED) is 0.766. The lowest BCUT2D eigenvalue weighted by Gasteiger charge is -2.13. The fourth-order valence-electron chi connectivity index (χ4n) is 1.19. The van der Waals surface area contributed by atoms with E-state index in [0.717, 1.165) is 17.7 Å². The van der Waals surface area contributed by atoms with Gasteiger partial charge in [0.05, 0.1) is 19.8 Å². The van der Waals surface area contributed by atoms with Crippen LogP contribution in [0.15, 0.2) is 18.2 Å². The van der Waals surface area contributed by atoms with Crippen molar-refractivity contribution in [1.82, 2.24) is 0 Å². The average Bonchev–Trinajstić information content (AvgIpc) is 2.26. The summed E-state index contributed by atoms with van der Waals surface area (Å²) in [6.07, 6.45) is 1.28. The second-order valence-corrected chi connectivity index (χ2v) is 3.92. The Kier molecular flexibility index (Phi) is 4.92. The summed E-state index contributed by atoms with van der Waals surface area (Å²) in [5, 5.41) is 0.680. The van der Waals surface area contributed by atoms with Gasteiger partial charge >= 0.3 is 0 Å². The molecule has 3 heteroatoms. The first-order valence-electron chi connectivity index (χ1n) is 5.11. The Morgan fingerprint density at radius 1 is 1.40 bits per heavy atom. The van der Waals surface area contributed by atoms with Gasteiger partial charge in [-0.1, -0.05) is 24.6 Å². The smallest absolute Gasteiger partial charge is 0.125 e. The van der Waals surface area contributed by atoms with Gasteiger partial charge in [-0.3, -0.25) is 0 Å². The molecule has 1 aromatic carbocycles. The van der Waals surface area contributed by atoms with E-state index in [9.17, 15) is 0 Å². The maximum absolute atomic E-state index is 5.86. The number of hydrogen-bond donors (Lipinski definition) is 0. The topological polar surface area (TPSA) is 18.5 Å². The zero-order valence-corrected chi connectivity index (χ0v) is 10.2. The first-order valence-corrected chi connectivity index (χ1v) is 5.49. The van der Waals surface area contributed by atoms with Gasteiger partial charge in [0.2, 0.25) is 0 Å². The number of ether oxygens (including phenoxy) is 2. The highest BCUT2D eigenvalue weighted by Crippen LogP contribution is 2.24. The van der Waals surface area contributed by atoms with Crippen LogP contribution in [0.3, 0.4) is 0 Å². The van der Waals surface area contributed by atoms with E-state index in [1.165, 1.54) is 0 Å². The lowest BCUT2D eigenvalue weighted by molar-refractivity contribution is 0.0497. The second kappa shape index (κ2) is 5.99. The van der Waals surface area contributed by atoms with Crippen LogP contribution in [0.2, 0.25) is 5.02 Å². The molecular formula is C12H17ClO2. The molecule has 0 aliphatic rings. The predicted octanol–water partition coefficient (Wildman–Crippen LogP) is 3.66. The Morgan fingerprint density at radius 3 is 2.73 bits per heavy atom. The van der Waals surface area contributed by atoms with Crippen molar-refractivity contribution >= 4 is 11.6 Å². The van der Waals surface area contributed by atoms with Gasteiger partial charge in [-0.15, -0.1) is 0 Å². The monoisotopic (exact) mass is 228 g/mol. The second-order valence-electron chi connectivity index (χ2n) is 3.49. The lowest BCUT2D eigenvalue weighted by atomic mass is 10.2. The summed E-state index contributed by atoms with van der Waals surface area (Å²) >= 11 is 5.86. The van der Waals surface area contributed by atoms with Gasteiger partial charge < -0.3 is 9.47 Å². The van der Waals surface area contributed by atoms with Crippen LogP contribution in [0.5, 0.6) is 5.75 Å². The number of rotatable bonds is 5. The van der Waals surface area contributed by atoms with Crippen LogP contribution in [0, 0.1) is 0 Å². The molecule has 0 aromatic heterocycles. The minimum atomic E-state index is 0.269. The molecule has 1 aromatic rings. The maximum atomic E-state index is 5.86. The van der Waals surface area contributed by atoms with Crippen LogP contribution >= 0.6 is 11.6 Å². The molecule has 0 heterocycles. The van der Waals surface area contributed by atoms with E-state index in [2.05, 4.69) is 13.8 Å². The summed E-state index contributed by atoms with van der Waals surface area (Å²) in [5.41, 5.74) is 1.03. The highest BCUT2D eigenvalue weighted by molar-refractivity contribution is 6.30. The normalized spacial score (nSPS) is 12.5. The van der Waals surface area contributed by atoms with Crippen LogP contribution in [0.1, 0.15) is 25.8 Å². The van der Waals surface area contributed by atoms with Crippen LogP contribution < -0.4 is 4.74 Å². The van der Waals surface area contributed by atoms with Gasteiger partial charge in [0.1, 0.15) is 5.75 Å². The highest BCUT2D eigenvalue weighted by Gasteiger charge is 2.05. The molecule has 0 saturated carbocycles. The molecule has 0 spiro atoms. The van der Waals surface area contributed by atoms with E-state index < -0.39 is 0 Å². The van der Waals surface area contributed by atoms with Crippen molar-refractivity contribution in [3.8, 4) is 5.75 Å². The van der Waals surface area contributed by atoms with E-state index in [4.69, 9.17) is 21.1 Å². The third kappa shape index (κ3) is 3.73. The first kappa shape index (κ1) is 12.3. The van der Waals surface area contributed by atoms with Crippen LogP contribution in [0.4, 0.5) is 0 Å². The third-order valence-corrected chi connectivity index (χ3v) is 2.58. The summed E-state index contributed by atoms with van der Waals surface area (Å²) in [5.74, 6) is 0.783. The molecule has 1 unspecified atom stereocenters. The first-order chi connectivity index (χ1) is 7.17. The van der Waals surface area contributed by atoms with Crippen molar-refractivity contribution in [1.29, 1.82) is 0 Å². The molecule has 15 heavy (non-hydrogen) atoms. The van der Waals surface area contributed by atoms with Gasteiger partial charge in [-0.2, -0.15) is 0 Å². The van der Waals surface area contributed by atoms with Crippen molar-refractivity contribution < 1.29 is 9.47 Å². The Balaban J connectivity index is 2.67. The van der Waals surface area contributed by atoms with Gasteiger partial charge in [0, 0.05) is 10.6 Å². The average molecular weight is 229 g/mol. The van der Waals surface area contributed by atoms with Crippen molar-refractivity contribution in [3.63, 3.8) is 0 Å². The summed E-state index contributed by atoms with van der Waals surface area (Å²) in [7, 11) is 1.64. The van der Waals surface area contributed by atoms with E-state index in [0.29, 0.717) is 11.6 Å².